The summed E-state index contributed by atoms with van der Waals surface area (Å²) in [5.41, 5.74) is 3.59. The van der Waals surface area contributed by atoms with Gasteiger partial charge in [0.1, 0.15) is 5.41 Å². The first-order valence-corrected chi connectivity index (χ1v) is 5.91. The molecule has 0 bridgehead atoms. The predicted molar refractivity (Wildman–Crippen MR) is 66.5 cm³/mol. The number of ether oxygens (including phenoxy) is 1. The van der Waals surface area contributed by atoms with Gasteiger partial charge in [0.25, 0.3) is 0 Å². The van der Waals surface area contributed by atoms with Crippen LogP contribution in [0.3, 0.4) is 0 Å². The molecule has 17 heavy (non-hydrogen) atoms. The van der Waals surface area contributed by atoms with E-state index in [1.807, 2.05) is 0 Å². The monoisotopic (exact) mass is 230 g/mol. The summed E-state index contributed by atoms with van der Waals surface area (Å²) in [7, 11) is 0. The van der Waals surface area contributed by atoms with Crippen LogP contribution < -0.4 is 5.32 Å². The van der Waals surface area contributed by atoms with E-state index in [0.717, 1.165) is 6.54 Å². The predicted octanol–water partition coefficient (Wildman–Crippen LogP) is 1.93. The van der Waals surface area contributed by atoms with Crippen LogP contribution in [0.25, 0.3) is 0 Å². The Balaban J connectivity index is 1.88. The molecule has 3 nitrogen and oxygen atoms in total. The molecule has 0 aromatic heterocycles. The topological polar surface area (TPSA) is 45.0 Å². The molecule has 90 valence electrons. The molecular formula is C14H18N2O. The minimum absolute atomic E-state index is 0.293. The van der Waals surface area contributed by atoms with Gasteiger partial charge in [0, 0.05) is 13.1 Å². The lowest BCUT2D eigenvalue weighted by Crippen LogP contribution is -2.48. The molecule has 2 rings (SSSR count). The highest BCUT2D eigenvalue weighted by Gasteiger charge is 2.38. The highest BCUT2D eigenvalue weighted by Crippen LogP contribution is 2.25. The average Bonchev–Trinajstić information content (AvgIpc) is 2.25. The summed E-state index contributed by atoms with van der Waals surface area (Å²) in [5, 5.41) is 12.4. The van der Waals surface area contributed by atoms with E-state index in [0.29, 0.717) is 19.8 Å². The molecule has 0 radical (unpaired) electrons. The van der Waals surface area contributed by atoms with Crippen molar-refractivity contribution in [2.75, 3.05) is 19.8 Å². The van der Waals surface area contributed by atoms with E-state index in [1.54, 1.807) is 0 Å². The Morgan fingerprint density at radius 2 is 2.18 bits per heavy atom. The molecule has 1 aromatic rings. The maximum atomic E-state index is 9.05. The minimum Gasteiger partial charge on any atom is -0.378 e. The van der Waals surface area contributed by atoms with Gasteiger partial charge in [0.15, 0.2) is 0 Å². The van der Waals surface area contributed by atoms with Gasteiger partial charge in [-0.3, -0.25) is 0 Å². The Morgan fingerprint density at radius 1 is 1.41 bits per heavy atom. The first-order valence-electron chi connectivity index (χ1n) is 5.91. The van der Waals surface area contributed by atoms with Gasteiger partial charge in [-0.1, -0.05) is 23.8 Å². The van der Waals surface area contributed by atoms with Gasteiger partial charge < -0.3 is 10.1 Å². The molecule has 0 aliphatic carbocycles. The number of benzene rings is 1. The Bertz CT molecular complexity index is 444. The van der Waals surface area contributed by atoms with Crippen molar-refractivity contribution in [1.29, 1.82) is 5.26 Å². The Kier molecular flexibility index (Phi) is 3.46. The third-order valence-corrected chi connectivity index (χ3v) is 3.27. The fourth-order valence-electron chi connectivity index (χ4n) is 2.04. The van der Waals surface area contributed by atoms with Crippen molar-refractivity contribution in [2.45, 2.75) is 20.4 Å². The number of aryl methyl sites for hydroxylation is 2. The molecular weight excluding hydrogens is 212 g/mol. The summed E-state index contributed by atoms with van der Waals surface area (Å²) in [4.78, 5) is 0. The summed E-state index contributed by atoms with van der Waals surface area (Å²) in [6.07, 6.45) is 0. The SMILES string of the molecule is Cc1ccc(CNCC2(C#N)COC2)c(C)c1. The van der Waals surface area contributed by atoms with Crippen molar-refractivity contribution in [2.24, 2.45) is 5.41 Å². The van der Waals surface area contributed by atoms with Crippen LogP contribution in [-0.2, 0) is 11.3 Å². The van der Waals surface area contributed by atoms with Gasteiger partial charge >= 0.3 is 0 Å². The lowest BCUT2D eigenvalue weighted by molar-refractivity contribution is -0.0755. The smallest absolute Gasteiger partial charge is 0.116 e. The van der Waals surface area contributed by atoms with E-state index in [4.69, 9.17) is 10.00 Å². The molecule has 0 atom stereocenters. The Labute approximate surface area is 102 Å². The van der Waals surface area contributed by atoms with Gasteiger partial charge in [0.05, 0.1) is 19.3 Å². The van der Waals surface area contributed by atoms with Crippen molar-refractivity contribution in [1.82, 2.24) is 5.32 Å². The number of rotatable bonds is 4. The zero-order valence-electron chi connectivity index (χ0n) is 10.4. The molecule has 1 aliphatic rings. The number of nitrogens with one attached hydrogen (secondary N) is 1. The van der Waals surface area contributed by atoms with E-state index in [1.165, 1.54) is 16.7 Å². The van der Waals surface area contributed by atoms with Crippen molar-refractivity contribution in [3.63, 3.8) is 0 Å². The third kappa shape index (κ3) is 2.66. The van der Waals surface area contributed by atoms with E-state index in [-0.39, 0.29) is 5.41 Å². The standard InChI is InChI=1S/C14H18N2O/c1-11-3-4-13(12(2)5-11)6-16-8-14(7-15)9-17-10-14/h3-5,16H,6,8-10H2,1-2H3. The van der Waals surface area contributed by atoms with Crippen LogP contribution in [0.1, 0.15) is 16.7 Å². The zero-order valence-corrected chi connectivity index (χ0v) is 10.4. The normalized spacial score (nSPS) is 17.2. The van der Waals surface area contributed by atoms with E-state index < -0.39 is 0 Å². The fourth-order valence-corrected chi connectivity index (χ4v) is 2.04. The maximum Gasteiger partial charge on any atom is 0.116 e. The molecule has 0 saturated carbocycles. The molecule has 1 fully saturated rings. The summed E-state index contributed by atoms with van der Waals surface area (Å²) in [5.74, 6) is 0. The highest BCUT2D eigenvalue weighted by molar-refractivity contribution is 5.30. The quantitative estimate of drug-likeness (QED) is 0.859. The second kappa shape index (κ2) is 4.87. The molecule has 1 N–H and O–H groups in total. The van der Waals surface area contributed by atoms with Crippen LogP contribution in [0.15, 0.2) is 18.2 Å². The lowest BCUT2D eigenvalue weighted by atomic mass is 9.88. The van der Waals surface area contributed by atoms with Crippen LogP contribution in [0.4, 0.5) is 0 Å². The van der Waals surface area contributed by atoms with Crippen molar-refractivity contribution >= 4 is 0 Å². The highest BCUT2D eigenvalue weighted by atomic mass is 16.5. The van der Waals surface area contributed by atoms with E-state index in [9.17, 15) is 0 Å². The number of hydrogen-bond donors (Lipinski definition) is 1. The average molecular weight is 230 g/mol. The Morgan fingerprint density at radius 3 is 2.71 bits per heavy atom. The molecule has 1 heterocycles. The van der Waals surface area contributed by atoms with Crippen LogP contribution in [-0.4, -0.2) is 19.8 Å². The second-order valence-electron chi connectivity index (χ2n) is 4.92. The first kappa shape index (κ1) is 12.1. The fraction of sp³-hybridized carbons (Fsp3) is 0.500. The van der Waals surface area contributed by atoms with E-state index in [2.05, 4.69) is 43.4 Å². The summed E-state index contributed by atoms with van der Waals surface area (Å²) in [6, 6.07) is 8.79. The molecule has 1 aromatic carbocycles. The number of nitriles is 1. The number of nitrogens with zero attached hydrogens (tertiary/aromatic N) is 1. The number of hydrogen-bond acceptors (Lipinski definition) is 3. The maximum absolute atomic E-state index is 9.05. The summed E-state index contributed by atoms with van der Waals surface area (Å²) in [6.45, 7) is 6.86. The third-order valence-electron chi connectivity index (χ3n) is 3.27. The molecule has 1 aliphatic heterocycles. The molecule has 3 heteroatoms. The van der Waals surface area contributed by atoms with Crippen molar-refractivity contribution in [3.05, 3.63) is 34.9 Å². The summed E-state index contributed by atoms with van der Waals surface area (Å²) >= 11 is 0. The zero-order chi connectivity index (χ0) is 12.3. The minimum atomic E-state index is -0.293. The summed E-state index contributed by atoms with van der Waals surface area (Å²) < 4.78 is 5.11. The van der Waals surface area contributed by atoms with Gasteiger partial charge in [-0.15, -0.1) is 0 Å². The molecule has 1 saturated heterocycles. The molecule has 0 amide bonds. The van der Waals surface area contributed by atoms with Crippen LogP contribution in [0.2, 0.25) is 0 Å². The van der Waals surface area contributed by atoms with Crippen molar-refractivity contribution < 1.29 is 4.74 Å². The van der Waals surface area contributed by atoms with Crippen molar-refractivity contribution in [3.8, 4) is 6.07 Å². The second-order valence-corrected chi connectivity index (χ2v) is 4.92. The molecule has 0 spiro atoms. The van der Waals surface area contributed by atoms with Gasteiger partial charge in [-0.25, -0.2) is 0 Å². The lowest BCUT2D eigenvalue weighted by Gasteiger charge is -2.35. The van der Waals surface area contributed by atoms with Crippen LogP contribution in [0, 0.1) is 30.6 Å². The van der Waals surface area contributed by atoms with Crippen LogP contribution >= 0.6 is 0 Å². The van der Waals surface area contributed by atoms with Crippen LogP contribution in [0.5, 0.6) is 0 Å². The first-order chi connectivity index (χ1) is 8.15. The van der Waals surface area contributed by atoms with Gasteiger partial charge in [-0.2, -0.15) is 5.26 Å². The largest absolute Gasteiger partial charge is 0.378 e. The Hall–Kier alpha value is -1.37. The molecule has 0 unspecified atom stereocenters. The van der Waals surface area contributed by atoms with E-state index >= 15 is 0 Å². The van der Waals surface area contributed by atoms with Gasteiger partial charge in [0.2, 0.25) is 0 Å². The van der Waals surface area contributed by atoms with Gasteiger partial charge in [-0.05, 0) is 25.0 Å².